The molecule has 0 saturated carbocycles. The summed E-state index contributed by atoms with van der Waals surface area (Å²) in [6.45, 7) is 2.46. The van der Waals surface area contributed by atoms with E-state index in [0.717, 1.165) is 10.6 Å². The molecule has 20 heavy (non-hydrogen) atoms. The Hall–Kier alpha value is -1.43. The number of benzene rings is 1. The van der Waals surface area contributed by atoms with Crippen LogP contribution in [0.25, 0.3) is 0 Å². The highest BCUT2D eigenvalue weighted by molar-refractivity contribution is 7.09. The molecule has 6 heteroatoms. The molecular formula is C14H16ClN3OS. The molecule has 4 nitrogen and oxygen atoms in total. The van der Waals surface area contributed by atoms with Gasteiger partial charge >= 0.3 is 0 Å². The number of amides is 1. The number of nitrogens with one attached hydrogen (secondary N) is 1. The average molecular weight is 310 g/mol. The molecule has 0 aliphatic carbocycles. The normalized spacial score (nSPS) is 12.2. The quantitative estimate of drug-likeness (QED) is 0.892. The first-order valence-corrected chi connectivity index (χ1v) is 7.56. The number of aromatic nitrogens is 1. The molecule has 1 amide bonds. The Morgan fingerprint density at radius 3 is 2.80 bits per heavy atom. The van der Waals surface area contributed by atoms with Crippen molar-refractivity contribution in [1.82, 2.24) is 10.3 Å². The zero-order valence-electron chi connectivity index (χ0n) is 11.1. The molecule has 1 heterocycles. The fourth-order valence-electron chi connectivity index (χ4n) is 1.76. The molecule has 0 fully saturated rings. The van der Waals surface area contributed by atoms with Crippen LogP contribution in [0.3, 0.4) is 0 Å². The molecule has 0 radical (unpaired) electrons. The summed E-state index contributed by atoms with van der Waals surface area (Å²) in [5, 5.41) is 6.24. The van der Waals surface area contributed by atoms with Crippen molar-refractivity contribution in [2.45, 2.75) is 19.4 Å². The molecule has 2 rings (SSSR count). The van der Waals surface area contributed by atoms with Gasteiger partial charge in [0, 0.05) is 16.8 Å². The van der Waals surface area contributed by atoms with Crippen LogP contribution in [0.2, 0.25) is 5.02 Å². The first-order valence-electron chi connectivity index (χ1n) is 6.31. The SMILES string of the molecule is C[C@@H](NC(=O)c1csc(CCN)n1)c1ccc(Cl)cc1. The maximum Gasteiger partial charge on any atom is 0.271 e. The van der Waals surface area contributed by atoms with Crippen LogP contribution in [0.1, 0.15) is 34.0 Å². The second-order valence-electron chi connectivity index (χ2n) is 4.41. The minimum atomic E-state index is -0.174. The molecule has 3 N–H and O–H groups in total. The van der Waals surface area contributed by atoms with Crippen molar-refractivity contribution in [3.05, 3.63) is 50.9 Å². The standard InChI is InChI=1S/C14H16ClN3OS/c1-9(10-2-4-11(15)5-3-10)17-14(19)12-8-20-13(18-12)6-7-16/h2-5,8-9H,6-7,16H2,1H3,(H,17,19)/t9-/m1/s1. The van der Waals surface area contributed by atoms with Crippen molar-refractivity contribution in [3.63, 3.8) is 0 Å². The summed E-state index contributed by atoms with van der Waals surface area (Å²) in [5.74, 6) is -0.174. The van der Waals surface area contributed by atoms with E-state index in [1.54, 1.807) is 5.38 Å². The van der Waals surface area contributed by atoms with Gasteiger partial charge in [-0.05, 0) is 31.2 Å². The zero-order valence-corrected chi connectivity index (χ0v) is 12.7. The summed E-state index contributed by atoms with van der Waals surface area (Å²) in [7, 11) is 0. The lowest BCUT2D eigenvalue weighted by molar-refractivity contribution is 0.0935. The number of halogens is 1. The summed E-state index contributed by atoms with van der Waals surface area (Å²) in [6, 6.07) is 7.31. The van der Waals surface area contributed by atoms with E-state index in [9.17, 15) is 4.79 Å². The zero-order chi connectivity index (χ0) is 14.5. The highest BCUT2D eigenvalue weighted by Gasteiger charge is 2.14. The Labute approximate surface area is 127 Å². The van der Waals surface area contributed by atoms with Gasteiger partial charge in [-0.25, -0.2) is 4.98 Å². The van der Waals surface area contributed by atoms with E-state index >= 15 is 0 Å². The summed E-state index contributed by atoms with van der Waals surface area (Å²) in [5.41, 5.74) is 6.91. The topological polar surface area (TPSA) is 68.0 Å². The van der Waals surface area contributed by atoms with E-state index in [2.05, 4.69) is 10.3 Å². The number of nitrogens with two attached hydrogens (primary N) is 1. The van der Waals surface area contributed by atoms with Crippen LogP contribution in [0.4, 0.5) is 0 Å². The van der Waals surface area contributed by atoms with Gasteiger partial charge in [-0.2, -0.15) is 0 Å². The minimum Gasteiger partial charge on any atom is -0.344 e. The van der Waals surface area contributed by atoms with E-state index in [1.807, 2.05) is 31.2 Å². The molecule has 0 bridgehead atoms. The van der Waals surface area contributed by atoms with Gasteiger partial charge in [-0.3, -0.25) is 4.79 Å². The predicted octanol–water partition coefficient (Wildman–Crippen LogP) is 2.79. The summed E-state index contributed by atoms with van der Waals surface area (Å²) in [4.78, 5) is 16.4. The Morgan fingerprint density at radius 1 is 1.45 bits per heavy atom. The number of hydrogen-bond acceptors (Lipinski definition) is 4. The predicted molar refractivity (Wildman–Crippen MR) is 82.2 cm³/mol. The second kappa shape index (κ2) is 6.83. The molecule has 1 aromatic heterocycles. The number of carbonyl (C=O) groups excluding carboxylic acids is 1. The van der Waals surface area contributed by atoms with Crippen molar-refractivity contribution in [2.24, 2.45) is 5.73 Å². The largest absolute Gasteiger partial charge is 0.344 e. The van der Waals surface area contributed by atoms with Crippen LogP contribution in [0.15, 0.2) is 29.6 Å². The lowest BCUT2D eigenvalue weighted by Gasteiger charge is -2.13. The maximum atomic E-state index is 12.1. The number of hydrogen-bond donors (Lipinski definition) is 2. The molecule has 1 aromatic carbocycles. The molecule has 0 aliphatic heterocycles. The average Bonchev–Trinajstić information content (AvgIpc) is 2.88. The number of carbonyl (C=O) groups is 1. The minimum absolute atomic E-state index is 0.0978. The fourth-order valence-corrected chi connectivity index (χ4v) is 2.68. The monoisotopic (exact) mass is 309 g/mol. The summed E-state index contributed by atoms with van der Waals surface area (Å²) < 4.78 is 0. The third-order valence-electron chi connectivity index (χ3n) is 2.86. The molecule has 0 spiro atoms. The molecule has 106 valence electrons. The van der Waals surface area contributed by atoms with Gasteiger partial charge in [0.05, 0.1) is 11.0 Å². The molecular weight excluding hydrogens is 294 g/mol. The van der Waals surface area contributed by atoms with Crippen molar-refractivity contribution in [3.8, 4) is 0 Å². The van der Waals surface area contributed by atoms with Gasteiger partial charge in [0.2, 0.25) is 0 Å². The Bertz CT molecular complexity index is 582. The van der Waals surface area contributed by atoms with Gasteiger partial charge < -0.3 is 11.1 Å². The first kappa shape index (κ1) is 15.0. The van der Waals surface area contributed by atoms with Crippen LogP contribution in [0, 0.1) is 0 Å². The Balaban J connectivity index is 2.01. The van der Waals surface area contributed by atoms with Crippen LogP contribution < -0.4 is 11.1 Å². The molecule has 0 aliphatic rings. The van der Waals surface area contributed by atoms with Gasteiger partial charge in [0.25, 0.3) is 5.91 Å². The van der Waals surface area contributed by atoms with Crippen LogP contribution in [-0.4, -0.2) is 17.4 Å². The van der Waals surface area contributed by atoms with Gasteiger partial charge in [-0.1, -0.05) is 23.7 Å². The van der Waals surface area contributed by atoms with Gasteiger partial charge in [0.15, 0.2) is 0 Å². The number of thiazole rings is 1. The van der Waals surface area contributed by atoms with E-state index in [4.69, 9.17) is 17.3 Å². The van der Waals surface area contributed by atoms with Crippen molar-refractivity contribution >= 4 is 28.8 Å². The third-order valence-corrected chi connectivity index (χ3v) is 4.02. The highest BCUT2D eigenvalue weighted by Crippen LogP contribution is 2.17. The van der Waals surface area contributed by atoms with Crippen LogP contribution in [-0.2, 0) is 6.42 Å². The molecule has 2 aromatic rings. The van der Waals surface area contributed by atoms with Crippen molar-refractivity contribution < 1.29 is 4.79 Å². The number of nitrogens with zero attached hydrogens (tertiary/aromatic N) is 1. The van der Waals surface area contributed by atoms with Crippen LogP contribution >= 0.6 is 22.9 Å². The lowest BCUT2D eigenvalue weighted by atomic mass is 10.1. The van der Waals surface area contributed by atoms with Crippen LogP contribution in [0.5, 0.6) is 0 Å². The third kappa shape index (κ3) is 3.79. The van der Waals surface area contributed by atoms with E-state index in [0.29, 0.717) is 23.7 Å². The lowest BCUT2D eigenvalue weighted by Crippen LogP contribution is -2.26. The maximum absolute atomic E-state index is 12.1. The first-order chi connectivity index (χ1) is 9.60. The Kier molecular flexibility index (Phi) is 5.11. The van der Waals surface area contributed by atoms with Crippen molar-refractivity contribution in [2.75, 3.05) is 6.54 Å². The summed E-state index contributed by atoms with van der Waals surface area (Å²) >= 11 is 7.30. The Morgan fingerprint density at radius 2 is 2.15 bits per heavy atom. The molecule has 0 saturated heterocycles. The van der Waals surface area contributed by atoms with Gasteiger partial charge in [-0.15, -0.1) is 11.3 Å². The van der Waals surface area contributed by atoms with Gasteiger partial charge in [0.1, 0.15) is 5.69 Å². The smallest absolute Gasteiger partial charge is 0.271 e. The van der Waals surface area contributed by atoms with E-state index < -0.39 is 0 Å². The fraction of sp³-hybridized carbons (Fsp3) is 0.286. The highest BCUT2D eigenvalue weighted by atomic mass is 35.5. The van der Waals surface area contributed by atoms with E-state index in [1.165, 1.54) is 11.3 Å². The molecule has 0 unspecified atom stereocenters. The van der Waals surface area contributed by atoms with E-state index in [-0.39, 0.29) is 11.9 Å². The second-order valence-corrected chi connectivity index (χ2v) is 5.79. The van der Waals surface area contributed by atoms with Crippen molar-refractivity contribution in [1.29, 1.82) is 0 Å². The number of rotatable bonds is 5. The molecule has 1 atom stereocenters. The summed E-state index contributed by atoms with van der Waals surface area (Å²) in [6.07, 6.45) is 0.699.